The van der Waals surface area contributed by atoms with Crippen LogP contribution in [-0.4, -0.2) is 24.0 Å². The highest BCUT2D eigenvalue weighted by Crippen LogP contribution is 2.32. The SMILES string of the molecule is c1ccc(CCN2CC3CCC2Cc2ccccc2C3)cc1. The van der Waals surface area contributed by atoms with Gasteiger partial charge in [-0.3, -0.25) is 4.90 Å². The predicted molar refractivity (Wildman–Crippen MR) is 92.1 cm³/mol. The summed E-state index contributed by atoms with van der Waals surface area (Å²) >= 11 is 0. The molecule has 5 rings (SSSR count). The molecule has 1 aliphatic carbocycles. The maximum absolute atomic E-state index is 2.77. The second-order valence-electron chi connectivity index (χ2n) is 7.00. The van der Waals surface area contributed by atoms with E-state index in [-0.39, 0.29) is 0 Å². The first kappa shape index (κ1) is 14.0. The average molecular weight is 291 g/mol. The Morgan fingerprint density at radius 2 is 1.55 bits per heavy atom. The van der Waals surface area contributed by atoms with E-state index in [0.29, 0.717) is 0 Å². The summed E-state index contributed by atoms with van der Waals surface area (Å²) in [4.78, 5) is 2.77. The van der Waals surface area contributed by atoms with Crippen LogP contribution in [0.25, 0.3) is 0 Å². The summed E-state index contributed by atoms with van der Waals surface area (Å²) in [5, 5.41) is 0. The Bertz CT molecular complexity index is 619. The molecule has 1 heteroatoms. The largest absolute Gasteiger partial charge is 0.299 e. The van der Waals surface area contributed by atoms with E-state index < -0.39 is 0 Å². The Balaban J connectivity index is 1.49. The third kappa shape index (κ3) is 2.96. The van der Waals surface area contributed by atoms with Gasteiger partial charge in [0.2, 0.25) is 0 Å². The molecular weight excluding hydrogens is 266 g/mol. The molecule has 2 aromatic rings. The van der Waals surface area contributed by atoms with Crippen LogP contribution in [0.1, 0.15) is 29.5 Å². The van der Waals surface area contributed by atoms with Gasteiger partial charge in [-0.25, -0.2) is 0 Å². The molecule has 0 spiro atoms. The van der Waals surface area contributed by atoms with Crippen molar-refractivity contribution in [2.75, 3.05) is 13.1 Å². The van der Waals surface area contributed by atoms with Gasteiger partial charge in [0.1, 0.15) is 0 Å². The van der Waals surface area contributed by atoms with Crippen molar-refractivity contribution in [1.82, 2.24) is 4.90 Å². The van der Waals surface area contributed by atoms with E-state index in [1.54, 1.807) is 11.1 Å². The van der Waals surface area contributed by atoms with Gasteiger partial charge in [-0.1, -0.05) is 54.6 Å². The third-order valence-electron chi connectivity index (χ3n) is 5.53. The summed E-state index contributed by atoms with van der Waals surface area (Å²) in [5.41, 5.74) is 4.68. The van der Waals surface area contributed by atoms with Crippen LogP contribution in [0.15, 0.2) is 54.6 Å². The number of hydrogen-bond acceptors (Lipinski definition) is 1. The molecule has 114 valence electrons. The number of fused-ring (bicyclic) bond motifs is 2. The minimum absolute atomic E-state index is 0.751. The van der Waals surface area contributed by atoms with Crippen molar-refractivity contribution in [3.63, 3.8) is 0 Å². The normalized spacial score (nSPS) is 24.5. The monoisotopic (exact) mass is 291 g/mol. The lowest BCUT2D eigenvalue weighted by Gasteiger charge is -2.42. The molecule has 0 amide bonds. The van der Waals surface area contributed by atoms with Gasteiger partial charge in [-0.15, -0.1) is 0 Å². The summed E-state index contributed by atoms with van der Waals surface area (Å²) in [6, 6.07) is 20.8. The molecule has 2 heterocycles. The topological polar surface area (TPSA) is 3.24 Å². The van der Waals surface area contributed by atoms with Crippen LogP contribution in [0.5, 0.6) is 0 Å². The molecule has 1 saturated heterocycles. The van der Waals surface area contributed by atoms with E-state index >= 15 is 0 Å². The second kappa shape index (κ2) is 6.26. The summed E-state index contributed by atoms with van der Waals surface area (Å²) in [6.45, 7) is 2.51. The standard InChI is InChI=1S/C21H25N/c1-2-6-17(7-3-1)12-13-22-16-18-10-11-21(22)15-20-9-5-4-8-19(20)14-18/h1-9,18,21H,10-16H2. The fourth-order valence-corrected chi connectivity index (χ4v) is 4.29. The van der Waals surface area contributed by atoms with Crippen LogP contribution >= 0.6 is 0 Å². The molecule has 2 aromatic carbocycles. The third-order valence-corrected chi connectivity index (χ3v) is 5.53. The van der Waals surface area contributed by atoms with E-state index in [4.69, 9.17) is 0 Å². The smallest absolute Gasteiger partial charge is 0.0136 e. The van der Waals surface area contributed by atoms with Gasteiger partial charge in [-0.2, -0.15) is 0 Å². The van der Waals surface area contributed by atoms with Crippen molar-refractivity contribution in [3.8, 4) is 0 Å². The lowest BCUT2D eigenvalue weighted by Crippen LogP contribution is -2.47. The molecule has 0 aromatic heterocycles. The zero-order valence-corrected chi connectivity index (χ0v) is 13.2. The highest BCUT2D eigenvalue weighted by molar-refractivity contribution is 5.30. The zero-order valence-electron chi connectivity index (χ0n) is 13.2. The predicted octanol–water partition coefficient (Wildman–Crippen LogP) is 4.11. The highest BCUT2D eigenvalue weighted by Gasteiger charge is 2.31. The van der Waals surface area contributed by atoms with Crippen LogP contribution in [0.4, 0.5) is 0 Å². The van der Waals surface area contributed by atoms with Crippen LogP contribution in [0.3, 0.4) is 0 Å². The quantitative estimate of drug-likeness (QED) is 0.822. The van der Waals surface area contributed by atoms with Crippen LogP contribution in [-0.2, 0) is 19.3 Å². The maximum atomic E-state index is 2.77. The Labute approximate surface area is 134 Å². The highest BCUT2D eigenvalue weighted by atomic mass is 15.2. The number of benzene rings is 2. The van der Waals surface area contributed by atoms with Gasteiger partial charge < -0.3 is 0 Å². The molecule has 2 unspecified atom stereocenters. The van der Waals surface area contributed by atoms with E-state index in [1.165, 1.54) is 50.8 Å². The molecule has 2 bridgehead atoms. The molecule has 1 fully saturated rings. The Kier molecular flexibility index (Phi) is 3.99. The zero-order chi connectivity index (χ0) is 14.8. The summed E-state index contributed by atoms with van der Waals surface area (Å²) < 4.78 is 0. The molecule has 0 radical (unpaired) electrons. The van der Waals surface area contributed by atoms with Gasteiger partial charge in [0.05, 0.1) is 0 Å². The van der Waals surface area contributed by atoms with Crippen molar-refractivity contribution < 1.29 is 0 Å². The second-order valence-corrected chi connectivity index (χ2v) is 7.00. The van der Waals surface area contributed by atoms with Crippen molar-refractivity contribution in [3.05, 3.63) is 71.3 Å². The first-order valence-electron chi connectivity index (χ1n) is 8.73. The van der Waals surface area contributed by atoms with Gasteiger partial charge in [0, 0.05) is 19.1 Å². The maximum Gasteiger partial charge on any atom is 0.0136 e. The van der Waals surface area contributed by atoms with Gasteiger partial charge >= 0.3 is 0 Å². The lowest BCUT2D eigenvalue weighted by atomic mass is 9.80. The molecule has 0 saturated carbocycles. The van der Waals surface area contributed by atoms with Crippen LogP contribution < -0.4 is 0 Å². The van der Waals surface area contributed by atoms with Gasteiger partial charge in [-0.05, 0) is 54.7 Å². The number of hydrogen-bond donors (Lipinski definition) is 0. The van der Waals surface area contributed by atoms with Crippen molar-refractivity contribution >= 4 is 0 Å². The molecule has 2 aliphatic heterocycles. The Morgan fingerprint density at radius 3 is 2.36 bits per heavy atom. The van der Waals surface area contributed by atoms with Crippen molar-refractivity contribution in [2.45, 2.75) is 38.1 Å². The molecule has 2 atom stereocenters. The molecule has 22 heavy (non-hydrogen) atoms. The van der Waals surface area contributed by atoms with Crippen molar-refractivity contribution in [1.29, 1.82) is 0 Å². The van der Waals surface area contributed by atoms with Crippen LogP contribution in [0, 0.1) is 5.92 Å². The lowest BCUT2D eigenvalue weighted by molar-refractivity contribution is 0.102. The summed E-state index contributed by atoms with van der Waals surface area (Å²) in [5.74, 6) is 0.855. The fourth-order valence-electron chi connectivity index (χ4n) is 4.29. The average Bonchev–Trinajstić information content (AvgIpc) is 2.54. The van der Waals surface area contributed by atoms with Gasteiger partial charge in [0.25, 0.3) is 0 Å². The number of rotatable bonds is 3. The van der Waals surface area contributed by atoms with E-state index in [0.717, 1.165) is 12.0 Å². The Hall–Kier alpha value is -1.60. The summed E-state index contributed by atoms with van der Waals surface area (Å²) in [6.07, 6.45) is 6.52. The van der Waals surface area contributed by atoms with Gasteiger partial charge in [0.15, 0.2) is 0 Å². The van der Waals surface area contributed by atoms with Crippen molar-refractivity contribution in [2.24, 2.45) is 5.92 Å². The fraction of sp³-hybridized carbons (Fsp3) is 0.429. The summed E-state index contributed by atoms with van der Waals surface area (Å²) in [7, 11) is 0. The van der Waals surface area contributed by atoms with E-state index in [9.17, 15) is 0 Å². The molecule has 1 nitrogen and oxygen atoms in total. The number of piperidine rings is 1. The molecular formula is C21H25N. The van der Waals surface area contributed by atoms with Crippen LogP contribution in [0.2, 0.25) is 0 Å². The minimum Gasteiger partial charge on any atom is -0.299 e. The number of nitrogens with zero attached hydrogens (tertiary/aromatic N) is 1. The molecule has 0 N–H and O–H groups in total. The first-order chi connectivity index (χ1) is 10.9. The van der Waals surface area contributed by atoms with E-state index in [2.05, 4.69) is 59.5 Å². The first-order valence-corrected chi connectivity index (χ1v) is 8.73. The van der Waals surface area contributed by atoms with E-state index in [1.807, 2.05) is 0 Å². The Morgan fingerprint density at radius 1 is 0.818 bits per heavy atom. The minimum atomic E-state index is 0.751. The molecule has 3 aliphatic rings.